The molecule has 0 atom stereocenters. The highest BCUT2D eigenvalue weighted by Crippen LogP contribution is 2.27. The molecule has 1 aliphatic rings. The Hall–Kier alpha value is -1.80. The van der Waals surface area contributed by atoms with Gasteiger partial charge in [-0.2, -0.15) is 0 Å². The number of ether oxygens (including phenoxy) is 2. The van der Waals surface area contributed by atoms with Crippen molar-refractivity contribution in [2.75, 3.05) is 26.5 Å². The molecule has 0 spiro atoms. The Morgan fingerprint density at radius 3 is 2.45 bits per heavy atom. The highest BCUT2D eigenvalue weighted by atomic mass is 32.2. The maximum atomic E-state index is 11.4. The predicted molar refractivity (Wildman–Crippen MR) is 79.5 cm³/mol. The number of methoxy groups -OCH3 is 1. The van der Waals surface area contributed by atoms with E-state index in [1.807, 2.05) is 0 Å². The Bertz CT molecular complexity index is 649. The summed E-state index contributed by atoms with van der Waals surface area (Å²) >= 11 is 0. The van der Waals surface area contributed by atoms with Crippen LogP contribution in [0.5, 0.6) is 11.5 Å². The van der Waals surface area contributed by atoms with Crippen LogP contribution < -0.4 is 4.74 Å². The molecule has 2 rings (SSSR count). The summed E-state index contributed by atoms with van der Waals surface area (Å²) in [4.78, 5) is 11.4. The molecule has 1 N–H and O–H groups in total. The van der Waals surface area contributed by atoms with Crippen molar-refractivity contribution in [3.05, 3.63) is 23.8 Å². The number of carbonyl (C=O) groups excluding carboxylic acids is 1. The highest BCUT2D eigenvalue weighted by molar-refractivity contribution is 7.88. The van der Waals surface area contributed by atoms with Crippen LogP contribution in [0.3, 0.4) is 0 Å². The number of benzene rings is 1. The summed E-state index contributed by atoms with van der Waals surface area (Å²) in [5.41, 5.74) is 0.0711. The lowest BCUT2D eigenvalue weighted by atomic mass is 10.1. The molecule has 8 heteroatoms. The van der Waals surface area contributed by atoms with E-state index >= 15 is 0 Å². The van der Waals surface area contributed by atoms with Crippen molar-refractivity contribution in [2.45, 2.75) is 18.9 Å². The van der Waals surface area contributed by atoms with E-state index in [4.69, 9.17) is 4.74 Å². The molecule has 0 aliphatic carbocycles. The third-order valence-electron chi connectivity index (χ3n) is 3.55. The number of rotatable bonds is 4. The lowest BCUT2D eigenvalue weighted by molar-refractivity contribution is 0.0597. The molecule has 0 unspecified atom stereocenters. The van der Waals surface area contributed by atoms with Crippen LogP contribution in [0, 0.1) is 0 Å². The third-order valence-corrected chi connectivity index (χ3v) is 4.85. The number of nitrogens with zero attached hydrogens (tertiary/aromatic N) is 1. The molecular formula is C14H19NO6S. The van der Waals surface area contributed by atoms with Gasteiger partial charge in [-0.1, -0.05) is 0 Å². The average Bonchev–Trinajstić information content (AvgIpc) is 2.46. The zero-order valence-electron chi connectivity index (χ0n) is 12.5. The normalized spacial score (nSPS) is 17.2. The van der Waals surface area contributed by atoms with Gasteiger partial charge >= 0.3 is 5.97 Å². The molecule has 122 valence electrons. The number of hydrogen-bond donors (Lipinski definition) is 1. The third kappa shape index (κ3) is 3.89. The van der Waals surface area contributed by atoms with E-state index in [0.29, 0.717) is 31.7 Å². The first-order valence-corrected chi connectivity index (χ1v) is 8.69. The zero-order valence-corrected chi connectivity index (χ0v) is 13.3. The van der Waals surface area contributed by atoms with E-state index < -0.39 is 16.0 Å². The van der Waals surface area contributed by atoms with Crippen molar-refractivity contribution in [1.82, 2.24) is 4.31 Å². The molecule has 7 nitrogen and oxygen atoms in total. The molecule has 1 heterocycles. The second-order valence-corrected chi connectivity index (χ2v) is 7.13. The van der Waals surface area contributed by atoms with Crippen molar-refractivity contribution in [3.8, 4) is 11.5 Å². The number of sulfonamides is 1. The Kier molecular flexibility index (Phi) is 4.92. The van der Waals surface area contributed by atoms with Gasteiger partial charge in [0.1, 0.15) is 23.2 Å². The van der Waals surface area contributed by atoms with Crippen LogP contribution in [0.4, 0.5) is 0 Å². The van der Waals surface area contributed by atoms with E-state index in [1.165, 1.54) is 29.8 Å². The first-order valence-electron chi connectivity index (χ1n) is 6.84. The maximum absolute atomic E-state index is 11.4. The van der Waals surface area contributed by atoms with Crippen LogP contribution in [-0.2, 0) is 14.8 Å². The number of esters is 1. The van der Waals surface area contributed by atoms with E-state index in [-0.39, 0.29) is 17.4 Å². The van der Waals surface area contributed by atoms with E-state index in [0.717, 1.165) is 0 Å². The molecule has 0 saturated carbocycles. The van der Waals surface area contributed by atoms with Gasteiger partial charge in [-0.15, -0.1) is 0 Å². The highest BCUT2D eigenvalue weighted by Gasteiger charge is 2.26. The Morgan fingerprint density at radius 1 is 1.32 bits per heavy atom. The summed E-state index contributed by atoms with van der Waals surface area (Å²) in [5.74, 6) is -0.397. The van der Waals surface area contributed by atoms with Crippen LogP contribution in [0.15, 0.2) is 18.2 Å². The minimum Gasteiger partial charge on any atom is -0.507 e. The van der Waals surface area contributed by atoms with Gasteiger partial charge in [0.05, 0.1) is 13.4 Å². The fourth-order valence-corrected chi connectivity index (χ4v) is 3.22. The molecule has 0 radical (unpaired) electrons. The zero-order chi connectivity index (χ0) is 16.3. The minimum atomic E-state index is -3.16. The Balaban J connectivity index is 1.98. The molecular weight excluding hydrogens is 310 g/mol. The van der Waals surface area contributed by atoms with Crippen LogP contribution in [-0.4, -0.2) is 56.4 Å². The van der Waals surface area contributed by atoms with Crippen LogP contribution in [0.25, 0.3) is 0 Å². The van der Waals surface area contributed by atoms with Gasteiger partial charge in [-0.05, 0) is 25.0 Å². The number of phenols is 1. The maximum Gasteiger partial charge on any atom is 0.341 e. The van der Waals surface area contributed by atoms with Crippen LogP contribution >= 0.6 is 0 Å². The molecule has 1 aliphatic heterocycles. The number of phenolic OH excluding ortho intramolecular Hbond substituents is 1. The Morgan fingerprint density at radius 2 is 1.95 bits per heavy atom. The summed E-state index contributed by atoms with van der Waals surface area (Å²) in [6.45, 7) is 0.825. The minimum absolute atomic E-state index is 0.0711. The summed E-state index contributed by atoms with van der Waals surface area (Å²) < 4.78 is 34.6. The van der Waals surface area contributed by atoms with Gasteiger partial charge in [-0.3, -0.25) is 0 Å². The van der Waals surface area contributed by atoms with Gasteiger partial charge in [0.2, 0.25) is 10.0 Å². The van der Waals surface area contributed by atoms with Gasteiger partial charge in [0.25, 0.3) is 0 Å². The standard InChI is InChI=1S/C14H19NO6S/c1-20-14(17)12-4-3-11(9-13(12)16)21-10-5-7-15(8-6-10)22(2,18)19/h3-4,9-10,16H,5-8H2,1-2H3. The second kappa shape index (κ2) is 6.53. The summed E-state index contributed by atoms with van der Waals surface area (Å²) in [6.07, 6.45) is 2.22. The molecule has 1 fully saturated rings. The molecule has 22 heavy (non-hydrogen) atoms. The lowest BCUT2D eigenvalue weighted by Crippen LogP contribution is -2.41. The van der Waals surface area contributed by atoms with Crippen molar-refractivity contribution >= 4 is 16.0 Å². The first-order chi connectivity index (χ1) is 10.3. The lowest BCUT2D eigenvalue weighted by Gasteiger charge is -2.30. The first kappa shape index (κ1) is 16.6. The summed E-state index contributed by atoms with van der Waals surface area (Å²) in [6, 6.07) is 4.37. The molecule has 1 aromatic carbocycles. The fourth-order valence-electron chi connectivity index (χ4n) is 2.34. The van der Waals surface area contributed by atoms with Gasteiger partial charge in [0.15, 0.2) is 0 Å². The van der Waals surface area contributed by atoms with E-state index in [2.05, 4.69) is 4.74 Å². The second-order valence-electron chi connectivity index (χ2n) is 5.15. The number of carbonyl (C=O) groups is 1. The largest absolute Gasteiger partial charge is 0.507 e. The summed E-state index contributed by atoms with van der Waals surface area (Å²) in [5, 5.41) is 9.80. The van der Waals surface area contributed by atoms with Crippen molar-refractivity contribution < 1.29 is 27.8 Å². The molecule has 0 amide bonds. The van der Waals surface area contributed by atoms with Crippen LogP contribution in [0.2, 0.25) is 0 Å². The van der Waals surface area contributed by atoms with Crippen molar-refractivity contribution in [3.63, 3.8) is 0 Å². The quantitative estimate of drug-likeness (QED) is 0.828. The van der Waals surface area contributed by atoms with Gasteiger partial charge in [-0.25, -0.2) is 17.5 Å². The van der Waals surface area contributed by atoms with Gasteiger partial charge in [0, 0.05) is 19.2 Å². The van der Waals surface area contributed by atoms with E-state index in [1.54, 1.807) is 6.07 Å². The topological polar surface area (TPSA) is 93.1 Å². The molecule has 0 bridgehead atoms. The molecule has 1 saturated heterocycles. The van der Waals surface area contributed by atoms with Gasteiger partial charge < -0.3 is 14.6 Å². The van der Waals surface area contributed by atoms with Crippen molar-refractivity contribution in [2.24, 2.45) is 0 Å². The SMILES string of the molecule is COC(=O)c1ccc(OC2CCN(S(C)(=O)=O)CC2)cc1O. The average molecular weight is 329 g/mol. The number of aromatic hydroxyl groups is 1. The molecule has 1 aromatic rings. The molecule has 0 aromatic heterocycles. The van der Waals surface area contributed by atoms with E-state index in [9.17, 15) is 18.3 Å². The number of piperidine rings is 1. The number of hydrogen-bond acceptors (Lipinski definition) is 6. The Labute approximate surface area is 129 Å². The van der Waals surface area contributed by atoms with Crippen molar-refractivity contribution in [1.29, 1.82) is 0 Å². The predicted octanol–water partition coefficient (Wildman–Crippen LogP) is 0.982. The fraction of sp³-hybridized carbons (Fsp3) is 0.500. The smallest absolute Gasteiger partial charge is 0.341 e. The summed E-state index contributed by atoms with van der Waals surface area (Å²) in [7, 11) is -1.92. The monoisotopic (exact) mass is 329 g/mol. The van der Waals surface area contributed by atoms with Crippen LogP contribution in [0.1, 0.15) is 23.2 Å².